The Bertz CT molecular complexity index is 492. The standard InChI is InChI=1S/C18H26N2O/c1-14-9-11-16(12-10-14)19-18(21)20-13-5-4-7-15-6-2-3-8-17(15)20/h2-3,6,8,14,16H,4-5,7,9-13H2,1H3,(H,19,21). The molecule has 21 heavy (non-hydrogen) atoms. The Balaban J connectivity index is 1.69. The fourth-order valence-electron chi connectivity index (χ4n) is 3.56. The molecular weight excluding hydrogens is 260 g/mol. The molecule has 1 saturated carbocycles. The number of carbonyl (C=O) groups excluding carboxylic acids is 1. The van der Waals surface area contributed by atoms with Gasteiger partial charge in [-0.1, -0.05) is 25.1 Å². The van der Waals surface area contributed by atoms with E-state index in [1.54, 1.807) is 0 Å². The predicted molar refractivity (Wildman–Crippen MR) is 86.7 cm³/mol. The molecule has 2 aliphatic rings. The molecule has 1 N–H and O–H groups in total. The molecule has 0 bridgehead atoms. The Morgan fingerprint density at radius 2 is 1.90 bits per heavy atom. The van der Waals surface area contributed by atoms with Gasteiger partial charge in [0.05, 0.1) is 0 Å². The van der Waals surface area contributed by atoms with Crippen molar-refractivity contribution < 1.29 is 4.79 Å². The zero-order valence-corrected chi connectivity index (χ0v) is 13.0. The first-order valence-corrected chi connectivity index (χ1v) is 8.40. The lowest BCUT2D eigenvalue weighted by Gasteiger charge is -2.30. The summed E-state index contributed by atoms with van der Waals surface area (Å²) in [6, 6.07) is 8.81. The molecule has 1 aliphatic heterocycles. The summed E-state index contributed by atoms with van der Waals surface area (Å²) in [5.41, 5.74) is 2.42. The fourth-order valence-corrected chi connectivity index (χ4v) is 3.56. The topological polar surface area (TPSA) is 32.3 Å². The Morgan fingerprint density at radius 1 is 1.14 bits per heavy atom. The molecule has 3 nitrogen and oxygen atoms in total. The van der Waals surface area contributed by atoms with Crippen molar-refractivity contribution in [2.24, 2.45) is 5.92 Å². The number of urea groups is 1. The van der Waals surface area contributed by atoms with E-state index in [0.29, 0.717) is 6.04 Å². The second kappa shape index (κ2) is 6.50. The predicted octanol–water partition coefficient (Wildman–Crippen LogP) is 4.12. The third kappa shape index (κ3) is 3.39. The minimum atomic E-state index is 0.101. The third-order valence-electron chi connectivity index (χ3n) is 4.95. The lowest BCUT2D eigenvalue weighted by Crippen LogP contribution is -2.46. The highest BCUT2D eigenvalue weighted by Gasteiger charge is 2.25. The van der Waals surface area contributed by atoms with Gasteiger partial charge in [0.15, 0.2) is 0 Å². The van der Waals surface area contributed by atoms with Crippen molar-refractivity contribution in [1.82, 2.24) is 5.32 Å². The van der Waals surface area contributed by atoms with Gasteiger partial charge in [0.2, 0.25) is 0 Å². The number of hydrogen-bond acceptors (Lipinski definition) is 1. The summed E-state index contributed by atoms with van der Waals surface area (Å²) in [7, 11) is 0. The summed E-state index contributed by atoms with van der Waals surface area (Å²) in [6.07, 6.45) is 8.07. The Hall–Kier alpha value is -1.51. The van der Waals surface area contributed by atoms with Crippen LogP contribution in [0.3, 0.4) is 0 Å². The first-order valence-electron chi connectivity index (χ1n) is 8.40. The van der Waals surface area contributed by atoms with E-state index < -0.39 is 0 Å². The van der Waals surface area contributed by atoms with Gasteiger partial charge in [-0.15, -0.1) is 0 Å². The van der Waals surface area contributed by atoms with E-state index in [9.17, 15) is 4.79 Å². The van der Waals surface area contributed by atoms with Gasteiger partial charge in [0, 0.05) is 18.3 Å². The quantitative estimate of drug-likeness (QED) is 0.827. The number of para-hydroxylation sites is 1. The molecule has 0 radical (unpaired) electrons. The number of benzene rings is 1. The number of hydrogen-bond donors (Lipinski definition) is 1. The molecule has 1 aliphatic carbocycles. The highest BCUT2D eigenvalue weighted by atomic mass is 16.2. The van der Waals surface area contributed by atoms with Gasteiger partial charge in [-0.05, 0) is 62.5 Å². The number of aryl methyl sites for hydroxylation is 1. The van der Waals surface area contributed by atoms with Crippen LogP contribution in [0.4, 0.5) is 10.5 Å². The van der Waals surface area contributed by atoms with E-state index in [0.717, 1.165) is 43.8 Å². The van der Waals surface area contributed by atoms with Gasteiger partial charge < -0.3 is 5.32 Å². The third-order valence-corrected chi connectivity index (χ3v) is 4.95. The summed E-state index contributed by atoms with van der Waals surface area (Å²) in [5.74, 6) is 0.817. The summed E-state index contributed by atoms with van der Waals surface area (Å²) in [6.45, 7) is 3.15. The van der Waals surface area contributed by atoms with Crippen LogP contribution in [-0.4, -0.2) is 18.6 Å². The van der Waals surface area contributed by atoms with Crippen molar-refractivity contribution in [3.05, 3.63) is 29.8 Å². The average molecular weight is 286 g/mol. The van der Waals surface area contributed by atoms with E-state index in [4.69, 9.17) is 0 Å². The van der Waals surface area contributed by atoms with Crippen LogP contribution in [0.2, 0.25) is 0 Å². The number of anilines is 1. The molecule has 3 heteroatoms. The van der Waals surface area contributed by atoms with E-state index >= 15 is 0 Å². The van der Waals surface area contributed by atoms with Crippen LogP contribution in [0, 0.1) is 5.92 Å². The molecule has 0 saturated heterocycles. The smallest absolute Gasteiger partial charge is 0.322 e. The molecule has 0 spiro atoms. The highest BCUT2D eigenvalue weighted by Crippen LogP contribution is 2.27. The van der Waals surface area contributed by atoms with Crippen molar-refractivity contribution in [1.29, 1.82) is 0 Å². The van der Waals surface area contributed by atoms with Crippen LogP contribution >= 0.6 is 0 Å². The molecule has 0 aromatic heterocycles. The Labute approximate surface area is 127 Å². The molecule has 2 amide bonds. The van der Waals surface area contributed by atoms with Crippen LogP contribution < -0.4 is 10.2 Å². The number of fused-ring (bicyclic) bond motifs is 1. The maximum Gasteiger partial charge on any atom is 0.322 e. The van der Waals surface area contributed by atoms with E-state index in [1.807, 2.05) is 11.0 Å². The van der Waals surface area contributed by atoms with Crippen molar-refractivity contribution in [2.45, 2.75) is 57.9 Å². The van der Waals surface area contributed by atoms with Crippen LogP contribution in [0.25, 0.3) is 0 Å². The van der Waals surface area contributed by atoms with Gasteiger partial charge >= 0.3 is 6.03 Å². The first-order chi connectivity index (χ1) is 10.2. The second-order valence-corrected chi connectivity index (χ2v) is 6.64. The molecule has 1 aromatic rings. The normalized spacial score (nSPS) is 25.9. The van der Waals surface area contributed by atoms with Gasteiger partial charge in [-0.2, -0.15) is 0 Å². The van der Waals surface area contributed by atoms with E-state index in [1.165, 1.54) is 24.8 Å². The zero-order valence-electron chi connectivity index (χ0n) is 13.0. The number of rotatable bonds is 1. The van der Waals surface area contributed by atoms with E-state index in [2.05, 4.69) is 30.4 Å². The van der Waals surface area contributed by atoms with Gasteiger partial charge in [0.25, 0.3) is 0 Å². The summed E-state index contributed by atoms with van der Waals surface area (Å²) < 4.78 is 0. The monoisotopic (exact) mass is 286 g/mol. The van der Waals surface area contributed by atoms with Gasteiger partial charge in [-0.25, -0.2) is 4.79 Å². The maximum atomic E-state index is 12.7. The summed E-state index contributed by atoms with van der Waals surface area (Å²) in [5, 5.41) is 3.26. The molecule has 1 fully saturated rings. The second-order valence-electron chi connectivity index (χ2n) is 6.64. The van der Waals surface area contributed by atoms with Gasteiger partial charge in [-0.3, -0.25) is 4.90 Å². The lowest BCUT2D eigenvalue weighted by molar-refractivity contribution is 0.234. The number of nitrogens with one attached hydrogen (secondary N) is 1. The van der Waals surface area contributed by atoms with Gasteiger partial charge in [0.1, 0.15) is 0 Å². The number of carbonyl (C=O) groups is 1. The molecule has 0 atom stereocenters. The molecule has 3 rings (SSSR count). The average Bonchev–Trinajstić information content (AvgIpc) is 2.72. The van der Waals surface area contributed by atoms with Crippen molar-refractivity contribution >= 4 is 11.7 Å². The van der Waals surface area contributed by atoms with Crippen LogP contribution in [0.15, 0.2) is 24.3 Å². The van der Waals surface area contributed by atoms with Crippen molar-refractivity contribution in [3.63, 3.8) is 0 Å². The lowest BCUT2D eigenvalue weighted by atomic mass is 9.87. The van der Waals surface area contributed by atoms with Crippen LogP contribution in [-0.2, 0) is 6.42 Å². The van der Waals surface area contributed by atoms with Crippen LogP contribution in [0.5, 0.6) is 0 Å². The number of nitrogens with zero attached hydrogens (tertiary/aromatic N) is 1. The molecule has 1 aromatic carbocycles. The highest BCUT2D eigenvalue weighted by molar-refractivity contribution is 5.93. The largest absolute Gasteiger partial charge is 0.335 e. The molecule has 114 valence electrons. The van der Waals surface area contributed by atoms with E-state index in [-0.39, 0.29) is 6.03 Å². The summed E-state index contributed by atoms with van der Waals surface area (Å²) in [4.78, 5) is 14.6. The molecule has 1 heterocycles. The summed E-state index contributed by atoms with van der Waals surface area (Å²) >= 11 is 0. The Morgan fingerprint density at radius 3 is 2.71 bits per heavy atom. The number of amides is 2. The van der Waals surface area contributed by atoms with Crippen molar-refractivity contribution in [3.8, 4) is 0 Å². The minimum absolute atomic E-state index is 0.101. The fraction of sp³-hybridized carbons (Fsp3) is 0.611. The first kappa shape index (κ1) is 14.4. The molecule has 0 unspecified atom stereocenters. The molecular formula is C18H26N2O. The van der Waals surface area contributed by atoms with Crippen molar-refractivity contribution in [2.75, 3.05) is 11.4 Å². The minimum Gasteiger partial charge on any atom is -0.335 e. The van der Waals surface area contributed by atoms with Crippen LogP contribution in [0.1, 0.15) is 51.0 Å². The SMILES string of the molecule is CC1CCC(NC(=O)N2CCCCc3ccccc32)CC1. The zero-order chi connectivity index (χ0) is 14.7. The Kier molecular flexibility index (Phi) is 4.47. The maximum absolute atomic E-state index is 12.7.